The lowest BCUT2D eigenvalue weighted by molar-refractivity contribution is -0.126. The van der Waals surface area contributed by atoms with Crippen LogP contribution in [0.15, 0.2) is 35.0 Å². The molecule has 2 aromatic heterocycles. The topological polar surface area (TPSA) is 52.9 Å². The van der Waals surface area contributed by atoms with Crippen molar-refractivity contribution < 1.29 is 4.79 Å². The molecule has 1 fully saturated rings. The zero-order chi connectivity index (χ0) is 13.2. The molecule has 1 amide bonds. The SMILES string of the molecule is N#C[C@@H]1C(=O)N[C@H](c2cccs2)C[C@H]1c1cccs1. The van der Waals surface area contributed by atoms with Gasteiger partial charge in [-0.2, -0.15) is 5.26 Å². The maximum Gasteiger partial charge on any atom is 0.238 e. The minimum absolute atomic E-state index is 0.00542. The van der Waals surface area contributed by atoms with E-state index in [1.807, 2.05) is 35.0 Å². The number of thiophene rings is 2. The first-order chi connectivity index (χ1) is 9.29. The number of carbonyl (C=O) groups is 1. The van der Waals surface area contributed by atoms with Crippen molar-refractivity contribution in [3.63, 3.8) is 0 Å². The van der Waals surface area contributed by atoms with Gasteiger partial charge in [-0.1, -0.05) is 12.1 Å². The Balaban J connectivity index is 1.92. The van der Waals surface area contributed by atoms with Crippen molar-refractivity contribution in [1.29, 1.82) is 5.26 Å². The van der Waals surface area contributed by atoms with Crippen LogP contribution in [-0.2, 0) is 4.79 Å². The highest BCUT2D eigenvalue weighted by atomic mass is 32.1. The van der Waals surface area contributed by atoms with Crippen LogP contribution in [0.4, 0.5) is 0 Å². The van der Waals surface area contributed by atoms with Crippen molar-refractivity contribution in [2.24, 2.45) is 5.92 Å². The van der Waals surface area contributed by atoms with Gasteiger partial charge < -0.3 is 5.32 Å². The van der Waals surface area contributed by atoms with E-state index in [0.29, 0.717) is 0 Å². The molecule has 1 aliphatic heterocycles. The summed E-state index contributed by atoms with van der Waals surface area (Å²) in [6.07, 6.45) is 0.797. The molecule has 0 bridgehead atoms. The molecule has 3 atom stereocenters. The molecule has 1 aliphatic rings. The lowest BCUT2D eigenvalue weighted by Crippen LogP contribution is -2.42. The highest BCUT2D eigenvalue weighted by molar-refractivity contribution is 7.10. The number of carbonyl (C=O) groups excluding carboxylic acids is 1. The van der Waals surface area contributed by atoms with Gasteiger partial charge in [-0.05, 0) is 29.3 Å². The summed E-state index contributed by atoms with van der Waals surface area (Å²) in [5.74, 6) is -0.716. The average molecular weight is 288 g/mol. The van der Waals surface area contributed by atoms with Gasteiger partial charge in [-0.25, -0.2) is 0 Å². The normalized spacial score (nSPS) is 26.7. The fourth-order valence-electron chi connectivity index (χ4n) is 2.50. The highest BCUT2D eigenvalue weighted by Gasteiger charge is 2.38. The molecule has 3 rings (SSSR count). The van der Waals surface area contributed by atoms with Crippen molar-refractivity contribution in [2.75, 3.05) is 0 Å². The molecule has 1 N–H and O–H groups in total. The summed E-state index contributed by atoms with van der Waals surface area (Å²) >= 11 is 3.27. The van der Waals surface area contributed by atoms with E-state index < -0.39 is 5.92 Å². The Kier molecular flexibility index (Phi) is 3.36. The standard InChI is InChI=1S/C14H12N2OS2/c15-8-10-9(12-3-1-5-18-12)7-11(16-14(10)17)13-4-2-6-19-13/h1-6,9-11H,7H2,(H,16,17)/t9-,10+,11+/m1/s1. The van der Waals surface area contributed by atoms with Crippen LogP contribution in [0.2, 0.25) is 0 Å². The molecule has 0 radical (unpaired) electrons. The van der Waals surface area contributed by atoms with E-state index in [9.17, 15) is 10.1 Å². The van der Waals surface area contributed by atoms with Crippen molar-refractivity contribution in [3.8, 4) is 6.07 Å². The third-order valence-electron chi connectivity index (χ3n) is 3.43. The van der Waals surface area contributed by atoms with Gasteiger partial charge in [0.25, 0.3) is 0 Å². The van der Waals surface area contributed by atoms with Crippen LogP contribution in [0.5, 0.6) is 0 Å². The van der Waals surface area contributed by atoms with Crippen LogP contribution in [0.3, 0.4) is 0 Å². The summed E-state index contributed by atoms with van der Waals surface area (Å²) in [4.78, 5) is 14.4. The number of nitrogens with zero attached hydrogens (tertiary/aromatic N) is 1. The van der Waals surface area contributed by atoms with E-state index in [-0.39, 0.29) is 17.9 Å². The van der Waals surface area contributed by atoms with Crippen molar-refractivity contribution in [3.05, 3.63) is 44.8 Å². The zero-order valence-electron chi connectivity index (χ0n) is 10.1. The molecule has 96 valence electrons. The van der Waals surface area contributed by atoms with E-state index in [0.717, 1.165) is 16.2 Å². The van der Waals surface area contributed by atoms with Gasteiger partial charge in [0.05, 0.1) is 12.1 Å². The fourth-order valence-corrected chi connectivity index (χ4v) is 4.17. The monoisotopic (exact) mass is 288 g/mol. The quantitative estimate of drug-likeness (QED) is 0.922. The minimum atomic E-state index is -0.574. The predicted molar refractivity (Wildman–Crippen MR) is 76.0 cm³/mol. The van der Waals surface area contributed by atoms with E-state index in [1.165, 1.54) is 0 Å². The predicted octanol–water partition coefficient (Wildman–Crippen LogP) is 3.29. The Labute approximate surface area is 119 Å². The van der Waals surface area contributed by atoms with Crippen LogP contribution in [0, 0.1) is 17.2 Å². The van der Waals surface area contributed by atoms with E-state index >= 15 is 0 Å². The molecule has 3 heterocycles. The molecular weight excluding hydrogens is 276 g/mol. The molecule has 0 saturated carbocycles. The second kappa shape index (κ2) is 5.16. The van der Waals surface area contributed by atoms with Crippen LogP contribution >= 0.6 is 22.7 Å². The zero-order valence-corrected chi connectivity index (χ0v) is 11.7. The molecule has 0 aromatic carbocycles. The molecule has 2 aromatic rings. The number of nitrogens with one attached hydrogen (secondary N) is 1. The molecule has 0 unspecified atom stereocenters. The summed E-state index contributed by atoms with van der Waals surface area (Å²) in [6.45, 7) is 0. The number of hydrogen-bond acceptors (Lipinski definition) is 4. The second-order valence-corrected chi connectivity index (χ2v) is 6.50. The van der Waals surface area contributed by atoms with Gasteiger partial charge >= 0.3 is 0 Å². The van der Waals surface area contributed by atoms with Crippen LogP contribution in [0.1, 0.15) is 28.1 Å². The number of amides is 1. The van der Waals surface area contributed by atoms with E-state index in [2.05, 4.69) is 11.4 Å². The van der Waals surface area contributed by atoms with Crippen LogP contribution in [0.25, 0.3) is 0 Å². The summed E-state index contributed by atoms with van der Waals surface area (Å²) < 4.78 is 0. The molecule has 5 heteroatoms. The third kappa shape index (κ3) is 2.29. The van der Waals surface area contributed by atoms with Gasteiger partial charge in [0.1, 0.15) is 5.92 Å². The summed E-state index contributed by atoms with van der Waals surface area (Å²) in [6, 6.07) is 10.2. The maximum atomic E-state index is 12.1. The number of nitriles is 1. The van der Waals surface area contributed by atoms with Crippen LogP contribution < -0.4 is 5.32 Å². The Morgan fingerprint density at radius 1 is 1.21 bits per heavy atom. The molecule has 0 aliphatic carbocycles. The van der Waals surface area contributed by atoms with Crippen LogP contribution in [-0.4, -0.2) is 5.91 Å². The summed E-state index contributed by atoms with van der Waals surface area (Å²) in [7, 11) is 0. The lowest BCUT2D eigenvalue weighted by atomic mass is 9.82. The molecule has 3 nitrogen and oxygen atoms in total. The van der Waals surface area contributed by atoms with Crippen molar-refractivity contribution >= 4 is 28.6 Å². The first-order valence-corrected chi connectivity index (χ1v) is 7.82. The number of hydrogen-bond donors (Lipinski definition) is 1. The van der Waals surface area contributed by atoms with Gasteiger partial charge in [-0.3, -0.25) is 4.79 Å². The van der Waals surface area contributed by atoms with Gasteiger partial charge in [-0.15, -0.1) is 22.7 Å². The van der Waals surface area contributed by atoms with Crippen molar-refractivity contribution in [1.82, 2.24) is 5.32 Å². The Bertz CT molecular complexity index is 598. The number of rotatable bonds is 2. The van der Waals surface area contributed by atoms with E-state index in [1.54, 1.807) is 22.7 Å². The Morgan fingerprint density at radius 3 is 2.47 bits per heavy atom. The summed E-state index contributed by atoms with van der Waals surface area (Å²) in [5.41, 5.74) is 0. The summed E-state index contributed by atoms with van der Waals surface area (Å²) in [5, 5.41) is 16.2. The Morgan fingerprint density at radius 2 is 1.89 bits per heavy atom. The molecular formula is C14H12N2OS2. The van der Waals surface area contributed by atoms with Gasteiger partial charge in [0.15, 0.2) is 0 Å². The van der Waals surface area contributed by atoms with Gasteiger partial charge in [0, 0.05) is 15.7 Å². The highest BCUT2D eigenvalue weighted by Crippen LogP contribution is 2.40. The maximum absolute atomic E-state index is 12.1. The Hall–Kier alpha value is -1.64. The van der Waals surface area contributed by atoms with E-state index in [4.69, 9.17) is 0 Å². The minimum Gasteiger partial charge on any atom is -0.347 e. The first-order valence-electron chi connectivity index (χ1n) is 6.06. The van der Waals surface area contributed by atoms with Gasteiger partial charge in [0.2, 0.25) is 5.91 Å². The second-order valence-electron chi connectivity index (χ2n) is 4.54. The lowest BCUT2D eigenvalue weighted by Gasteiger charge is -2.32. The fraction of sp³-hybridized carbons (Fsp3) is 0.286. The smallest absolute Gasteiger partial charge is 0.238 e. The average Bonchev–Trinajstić information content (AvgIpc) is 3.11. The largest absolute Gasteiger partial charge is 0.347 e. The first kappa shape index (κ1) is 12.4. The number of piperidine rings is 1. The van der Waals surface area contributed by atoms with Crippen molar-refractivity contribution in [2.45, 2.75) is 18.4 Å². The third-order valence-corrected chi connectivity index (χ3v) is 5.42. The molecule has 19 heavy (non-hydrogen) atoms. The molecule has 1 saturated heterocycles. The molecule has 0 spiro atoms.